The summed E-state index contributed by atoms with van der Waals surface area (Å²) < 4.78 is 0. The lowest BCUT2D eigenvalue weighted by molar-refractivity contribution is -0.144. The van der Waals surface area contributed by atoms with Crippen LogP contribution in [0.5, 0.6) is 0 Å². The summed E-state index contributed by atoms with van der Waals surface area (Å²) in [4.78, 5) is 13.0. The molecule has 4 heteroatoms. The van der Waals surface area contributed by atoms with Gasteiger partial charge in [0.1, 0.15) is 5.60 Å². The number of hydrogen-bond acceptors (Lipinski definition) is 4. The summed E-state index contributed by atoms with van der Waals surface area (Å²) >= 11 is 0. The van der Waals surface area contributed by atoms with Gasteiger partial charge in [0.05, 0.1) is 18.1 Å². The number of carbonyl (C=O) groups excluding carboxylic acids is 1. The number of ketones is 1. The Bertz CT molecular complexity index is 605. The highest BCUT2D eigenvalue weighted by Crippen LogP contribution is 2.62. The summed E-state index contributed by atoms with van der Waals surface area (Å²) in [5.41, 5.74) is -0.429. The SMILES string of the molecule is C=C1CC[C@H]2[C@H](/C=C(\C)C(=O)[C@@]3(O)C[C@H](C)[C@H](O)[C@@H]3[C@H]1O)C2(C)C. The van der Waals surface area contributed by atoms with Crippen molar-refractivity contribution in [2.75, 3.05) is 0 Å². The first kappa shape index (κ1) is 17.8. The van der Waals surface area contributed by atoms with Crippen molar-refractivity contribution in [2.24, 2.45) is 29.1 Å². The van der Waals surface area contributed by atoms with Gasteiger partial charge in [-0.3, -0.25) is 4.79 Å². The van der Waals surface area contributed by atoms with Crippen molar-refractivity contribution >= 4 is 5.78 Å². The molecule has 134 valence electrons. The van der Waals surface area contributed by atoms with Crippen LogP contribution in [0.2, 0.25) is 0 Å². The lowest BCUT2D eigenvalue weighted by Crippen LogP contribution is -2.50. The van der Waals surface area contributed by atoms with E-state index in [2.05, 4.69) is 20.4 Å². The molecule has 4 nitrogen and oxygen atoms in total. The molecule has 0 spiro atoms. The highest BCUT2D eigenvalue weighted by Gasteiger charge is 2.60. The second-order valence-corrected chi connectivity index (χ2v) is 8.90. The van der Waals surface area contributed by atoms with E-state index in [0.717, 1.165) is 6.42 Å². The van der Waals surface area contributed by atoms with E-state index in [0.29, 0.717) is 29.4 Å². The van der Waals surface area contributed by atoms with Crippen molar-refractivity contribution in [3.05, 3.63) is 23.8 Å². The molecular formula is C20H30O4. The van der Waals surface area contributed by atoms with E-state index in [-0.39, 0.29) is 23.5 Å². The number of fused-ring (bicyclic) bond motifs is 2. The van der Waals surface area contributed by atoms with Gasteiger partial charge < -0.3 is 15.3 Å². The Hall–Kier alpha value is -0.970. The molecule has 2 saturated carbocycles. The number of rotatable bonds is 0. The third-order valence-electron chi connectivity index (χ3n) is 6.99. The first-order valence-electron chi connectivity index (χ1n) is 9.01. The van der Waals surface area contributed by atoms with Gasteiger partial charge in [-0.25, -0.2) is 0 Å². The fraction of sp³-hybridized carbons (Fsp3) is 0.750. The molecule has 0 aliphatic heterocycles. The van der Waals surface area contributed by atoms with Gasteiger partial charge in [0, 0.05) is 0 Å². The van der Waals surface area contributed by atoms with E-state index in [4.69, 9.17) is 0 Å². The van der Waals surface area contributed by atoms with Crippen molar-refractivity contribution in [2.45, 2.75) is 64.8 Å². The Morgan fingerprint density at radius 3 is 2.54 bits per heavy atom. The number of aliphatic hydroxyl groups is 3. The third-order valence-corrected chi connectivity index (χ3v) is 6.99. The number of allylic oxidation sites excluding steroid dienone is 1. The molecular weight excluding hydrogens is 304 g/mol. The number of aliphatic hydroxyl groups excluding tert-OH is 2. The van der Waals surface area contributed by atoms with Crippen LogP contribution in [-0.4, -0.2) is 38.9 Å². The molecule has 3 rings (SSSR count). The summed E-state index contributed by atoms with van der Waals surface area (Å²) in [6.07, 6.45) is 1.75. The second-order valence-electron chi connectivity index (χ2n) is 8.90. The zero-order valence-corrected chi connectivity index (χ0v) is 15.1. The molecule has 0 heterocycles. The van der Waals surface area contributed by atoms with E-state index in [1.807, 2.05) is 13.0 Å². The molecule has 3 aliphatic carbocycles. The average molecular weight is 334 g/mol. The van der Waals surface area contributed by atoms with Crippen LogP contribution in [0.4, 0.5) is 0 Å². The van der Waals surface area contributed by atoms with Crippen LogP contribution in [-0.2, 0) is 4.79 Å². The molecule has 0 aromatic heterocycles. The molecule has 0 unspecified atom stereocenters. The van der Waals surface area contributed by atoms with Crippen LogP contribution in [0.25, 0.3) is 0 Å². The molecule has 3 N–H and O–H groups in total. The van der Waals surface area contributed by atoms with Crippen LogP contribution in [0, 0.1) is 29.1 Å². The molecule has 0 aromatic rings. The Morgan fingerprint density at radius 1 is 1.29 bits per heavy atom. The minimum absolute atomic E-state index is 0.135. The summed E-state index contributed by atoms with van der Waals surface area (Å²) in [6, 6.07) is 0. The zero-order valence-electron chi connectivity index (χ0n) is 15.1. The second kappa shape index (κ2) is 5.52. The Kier molecular flexibility index (Phi) is 4.10. The Labute approximate surface area is 144 Å². The summed E-state index contributed by atoms with van der Waals surface area (Å²) in [5, 5.41) is 32.4. The average Bonchev–Trinajstić information content (AvgIpc) is 2.91. The fourth-order valence-electron chi connectivity index (χ4n) is 5.17. The number of hydrogen-bond donors (Lipinski definition) is 3. The maximum atomic E-state index is 13.0. The summed E-state index contributed by atoms with van der Waals surface area (Å²) in [5.74, 6) is -0.729. The maximum Gasteiger partial charge on any atom is 0.190 e. The largest absolute Gasteiger partial charge is 0.392 e. The highest BCUT2D eigenvalue weighted by atomic mass is 16.3. The number of Topliss-reactive ketones (excluding diaryl/α,β-unsaturated/α-hetero) is 1. The molecule has 2 fully saturated rings. The van der Waals surface area contributed by atoms with Crippen LogP contribution in [0.1, 0.15) is 47.0 Å². The van der Waals surface area contributed by atoms with Gasteiger partial charge in [-0.1, -0.05) is 33.4 Å². The van der Waals surface area contributed by atoms with Crippen molar-refractivity contribution in [3.8, 4) is 0 Å². The van der Waals surface area contributed by atoms with Gasteiger partial charge in [-0.2, -0.15) is 0 Å². The smallest absolute Gasteiger partial charge is 0.190 e. The molecule has 0 radical (unpaired) electrons. The lowest BCUT2D eigenvalue weighted by Gasteiger charge is -2.34. The topological polar surface area (TPSA) is 77.8 Å². The Balaban J connectivity index is 2.04. The van der Waals surface area contributed by atoms with E-state index >= 15 is 0 Å². The van der Waals surface area contributed by atoms with E-state index in [1.165, 1.54) is 0 Å². The summed E-state index contributed by atoms with van der Waals surface area (Å²) in [7, 11) is 0. The lowest BCUT2D eigenvalue weighted by atomic mass is 9.77. The molecule has 0 aromatic carbocycles. The van der Waals surface area contributed by atoms with Crippen molar-refractivity contribution in [1.29, 1.82) is 0 Å². The van der Waals surface area contributed by atoms with Gasteiger partial charge in [-0.05, 0) is 60.5 Å². The van der Waals surface area contributed by atoms with Gasteiger partial charge in [0.2, 0.25) is 0 Å². The number of carbonyl (C=O) groups is 1. The van der Waals surface area contributed by atoms with Crippen molar-refractivity contribution in [1.82, 2.24) is 0 Å². The van der Waals surface area contributed by atoms with Crippen molar-refractivity contribution < 1.29 is 20.1 Å². The van der Waals surface area contributed by atoms with Gasteiger partial charge >= 0.3 is 0 Å². The molecule has 0 amide bonds. The monoisotopic (exact) mass is 334 g/mol. The van der Waals surface area contributed by atoms with E-state index in [9.17, 15) is 20.1 Å². The van der Waals surface area contributed by atoms with Gasteiger partial charge in [0.25, 0.3) is 0 Å². The van der Waals surface area contributed by atoms with Crippen LogP contribution in [0.15, 0.2) is 23.8 Å². The third kappa shape index (κ3) is 2.42. The van der Waals surface area contributed by atoms with Gasteiger partial charge in [0.15, 0.2) is 5.78 Å². The van der Waals surface area contributed by atoms with Crippen molar-refractivity contribution in [3.63, 3.8) is 0 Å². The molecule has 0 bridgehead atoms. The Morgan fingerprint density at radius 2 is 1.92 bits per heavy atom. The van der Waals surface area contributed by atoms with Crippen LogP contribution in [0.3, 0.4) is 0 Å². The highest BCUT2D eigenvalue weighted by molar-refractivity contribution is 6.02. The first-order valence-corrected chi connectivity index (χ1v) is 9.01. The minimum Gasteiger partial charge on any atom is -0.392 e. The molecule has 3 aliphatic rings. The molecule has 7 atom stereocenters. The zero-order chi connectivity index (χ0) is 18.0. The fourth-order valence-corrected chi connectivity index (χ4v) is 5.17. The first-order chi connectivity index (χ1) is 11.0. The minimum atomic E-state index is -1.72. The van der Waals surface area contributed by atoms with E-state index in [1.54, 1.807) is 6.92 Å². The normalized spacial score (nSPS) is 50.4. The molecule has 24 heavy (non-hydrogen) atoms. The molecule has 0 saturated heterocycles. The standard InChI is InChI=1S/C20H30O4/c1-10-6-7-13-14(19(13,4)5)8-11(2)18(23)20(24)9-12(3)17(22)15(20)16(10)21/h8,12-17,21-22,24H,1,6-7,9H2,2-5H3/b11-8+/t12-,13-,14-,15-,16-,17-,20+/m0/s1. The predicted molar refractivity (Wildman–Crippen MR) is 92.1 cm³/mol. The quantitative estimate of drug-likeness (QED) is 0.594. The summed E-state index contributed by atoms with van der Waals surface area (Å²) in [6.45, 7) is 11.9. The van der Waals surface area contributed by atoms with Crippen LogP contribution >= 0.6 is 0 Å². The van der Waals surface area contributed by atoms with Crippen LogP contribution < -0.4 is 0 Å². The predicted octanol–water partition coefficient (Wildman–Crippen LogP) is 2.23. The van der Waals surface area contributed by atoms with E-state index < -0.39 is 23.7 Å². The maximum absolute atomic E-state index is 13.0. The van der Waals surface area contributed by atoms with Gasteiger partial charge in [-0.15, -0.1) is 0 Å².